The summed E-state index contributed by atoms with van der Waals surface area (Å²) in [7, 11) is 1.61. The Kier molecular flexibility index (Phi) is 3.36. The van der Waals surface area contributed by atoms with Crippen LogP contribution >= 0.6 is 0 Å². The molecular formula is C8H16N2O. The van der Waals surface area contributed by atoms with Crippen LogP contribution in [0.3, 0.4) is 0 Å². The van der Waals surface area contributed by atoms with Gasteiger partial charge in [-0.05, 0) is 25.9 Å². The highest BCUT2D eigenvalue weighted by Gasteiger charge is 2.13. The molecular weight excluding hydrogens is 140 g/mol. The van der Waals surface area contributed by atoms with Gasteiger partial charge in [-0.3, -0.25) is 4.90 Å². The number of nitrogens with zero attached hydrogens (tertiary/aromatic N) is 2. The fraction of sp³-hybridized carbons (Fsp3) is 0.875. The number of piperidine rings is 1. The highest BCUT2D eigenvalue weighted by molar-refractivity contribution is 5.86. The fourth-order valence-corrected chi connectivity index (χ4v) is 1.40. The van der Waals surface area contributed by atoms with Gasteiger partial charge in [0.1, 0.15) is 7.11 Å². The number of rotatable bonds is 2. The molecule has 0 aromatic carbocycles. The Balaban J connectivity index is 2.39. The third-order valence-electron chi connectivity index (χ3n) is 2.01. The second-order valence-corrected chi connectivity index (χ2v) is 2.81. The van der Waals surface area contributed by atoms with Crippen LogP contribution in [0.2, 0.25) is 0 Å². The quantitative estimate of drug-likeness (QED) is 0.559. The number of likely N-dealkylation sites (tertiary alicyclic amines) is 1. The molecule has 0 radical (unpaired) electrons. The van der Waals surface area contributed by atoms with E-state index < -0.39 is 0 Å². The third-order valence-corrected chi connectivity index (χ3v) is 2.01. The Morgan fingerprint density at radius 3 is 3.09 bits per heavy atom. The molecule has 1 saturated heterocycles. The summed E-state index contributed by atoms with van der Waals surface area (Å²) in [5.41, 5.74) is 1.18. The Labute approximate surface area is 68.0 Å². The van der Waals surface area contributed by atoms with Crippen LogP contribution in [0.25, 0.3) is 0 Å². The van der Waals surface area contributed by atoms with Crippen molar-refractivity contribution in [1.29, 1.82) is 0 Å². The molecule has 0 unspecified atom stereocenters. The summed E-state index contributed by atoms with van der Waals surface area (Å²) in [6, 6.07) is 0. The summed E-state index contributed by atoms with van der Waals surface area (Å²) >= 11 is 0. The minimum atomic E-state index is 0.990. The average molecular weight is 156 g/mol. The largest absolute Gasteiger partial charge is 0.399 e. The molecule has 0 amide bonds. The maximum absolute atomic E-state index is 4.74. The molecule has 0 N–H and O–H groups in total. The first-order valence-electron chi connectivity index (χ1n) is 4.18. The fourth-order valence-electron chi connectivity index (χ4n) is 1.40. The van der Waals surface area contributed by atoms with Gasteiger partial charge >= 0.3 is 0 Å². The van der Waals surface area contributed by atoms with E-state index in [1.165, 1.54) is 18.7 Å². The first kappa shape index (κ1) is 8.53. The minimum Gasteiger partial charge on any atom is -0.399 e. The van der Waals surface area contributed by atoms with Crippen LogP contribution in [0, 0.1) is 0 Å². The molecule has 0 atom stereocenters. The van der Waals surface area contributed by atoms with Gasteiger partial charge in [0.15, 0.2) is 0 Å². The lowest BCUT2D eigenvalue weighted by Crippen LogP contribution is -2.35. The first-order valence-corrected chi connectivity index (χ1v) is 4.18. The molecule has 3 nitrogen and oxygen atoms in total. The van der Waals surface area contributed by atoms with Crippen LogP contribution in [0.15, 0.2) is 5.16 Å². The van der Waals surface area contributed by atoms with E-state index in [9.17, 15) is 0 Å². The van der Waals surface area contributed by atoms with Crippen molar-refractivity contribution < 1.29 is 4.84 Å². The van der Waals surface area contributed by atoms with Gasteiger partial charge in [0.25, 0.3) is 0 Å². The highest BCUT2D eigenvalue weighted by Crippen LogP contribution is 2.06. The van der Waals surface area contributed by atoms with Crippen molar-refractivity contribution in [2.75, 3.05) is 26.7 Å². The SMILES string of the molecule is CCN1CCC/C(=N\OC)C1. The molecule has 11 heavy (non-hydrogen) atoms. The summed E-state index contributed by atoms with van der Waals surface area (Å²) < 4.78 is 0. The Bertz CT molecular complexity index is 145. The maximum Gasteiger partial charge on any atom is 0.106 e. The van der Waals surface area contributed by atoms with Gasteiger partial charge in [-0.1, -0.05) is 12.1 Å². The molecule has 0 spiro atoms. The summed E-state index contributed by atoms with van der Waals surface area (Å²) in [5, 5.41) is 3.96. The standard InChI is InChI=1S/C8H16N2O/c1-3-10-6-4-5-8(7-10)9-11-2/h3-7H2,1-2H3/b9-8+. The zero-order valence-corrected chi connectivity index (χ0v) is 7.34. The van der Waals surface area contributed by atoms with Crippen LogP contribution in [0.5, 0.6) is 0 Å². The van der Waals surface area contributed by atoms with E-state index in [4.69, 9.17) is 4.84 Å². The van der Waals surface area contributed by atoms with Crippen LogP contribution in [0.4, 0.5) is 0 Å². The lowest BCUT2D eigenvalue weighted by molar-refractivity contribution is 0.205. The topological polar surface area (TPSA) is 24.8 Å². The van der Waals surface area contributed by atoms with E-state index in [0.717, 1.165) is 19.5 Å². The normalized spacial score (nSPS) is 24.0. The van der Waals surface area contributed by atoms with Crippen LogP contribution in [0.1, 0.15) is 19.8 Å². The molecule has 1 rings (SSSR count). The van der Waals surface area contributed by atoms with Crippen molar-refractivity contribution >= 4 is 5.71 Å². The monoisotopic (exact) mass is 156 g/mol. The molecule has 64 valence electrons. The summed E-state index contributed by atoms with van der Waals surface area (Å²) in [4.78, 5) is 7.11. The van der Waals surface area contributed by atoms with Gasteiger partial charge in [0.2, 0.25) is 0 Å². The predicted molar refractivity (Wildman–Crippen MR) is 45.8 cm³/mol. The van der Waals surface area contributed by atoms with Gasteiger partial charge in [0, 0.05) is 6.54 Å². The molecule has 1 aliphatic rings. The molecule has 0 aliphatic carbocycles. The second kappa shape index (κ2) is 4.34. The van der Waals surface area contributed by atoms with Crippen LogP contribution in [-0.2, 0) is 4.84 Å². The second-order valence-electron chi connectivity index (χ2n) is 2.81. The lowest BCUT2D eigenvalue weighted by Gasteiger charge is -2.25. The Morgan fingerprint density at radius 1 is 1.64 bits per heavy atom. The number of oxime groups is 1. The zero-order chi connectivity index (χ0) is 8.10. The van der Waals surface area contributed by atoms with Gasteiger partial charge in [-0.25, -0.2) is 0 Å². The van der Waals surface area contributed by atoms with Crippen molar-refractivity contribution in [1.82, 2.24) is 4.90 Å². The van der Waals surface area contributed by atoms with Gasteiger partial charge in [-0.2, -0.15) is 0 Å². The van der Waals surface area contributed by atoms with Crippen molar-refractivity contribution in [3.63, 3.8) is 0 Å². The molecule has 0 aromatic heterocycles. The number of hydrogen-bond acceptors (Lipinski definition) is 3. The molecule has 0 aromatic rings. The number of hydrogen-bond donors (Lipinski definition) is 0. The third kappa shape index (κ3) is 2.50. The molecule has 1 fully saturated rings. The van der Waals surface area contributed by atoms with Crippen molar-refractivity contribution in [2.45, 2.75) is 19.8 Å². The lowest BCUT2D eigenvalue weighted by atomic mass is 10.1. The molecule has 1 heterocycles. The predicted octanol–water partition coefficient (Wildman–Crippen LogP) is 1.10. The van der Waals surface area contributed by atoms with Gasteiger partial charge in [-0.15, -0.1) is 0 Å². The Morgan fingerprint density at radius 2 is 2.45 bits per heavy atom. The van der Waals surface area contributed by atoms with Gasteiger partial charge in [0.05, 0.1) is 5.71 Å². The summed E-state index contributed by atoms with van der Waals surface area (Å²) in [6.45, 7) is 5.49. The van der Waals surface area contributed by atoms with Crippen LogP contribution < -0.4 is 0 Å². The van der Waals surface area contributed by atoms with Gasteiger partial charge < -0.3 is 4.84 Å². The minimum absolute atomic E-state index is 0.990. The van der Waals surface area contributed by atoms with E-state index in [2.05, 4.69) is 17.0 Å². The summed E-state index contributed by atoms with van der Waals surface area (Å²) in [6.07, 6.45) is 2.32. The van der Waals surface area contributed by atoms with E-state index in [1.807, 2.05) is 0 Å². The zero-order valence-electron chi connectivity index (χ0n) is 7.34. The smallest absolute Gasteiger partial charge is 0.106 e. The molecule has 1 aliphatic heterocycles. The summed E-state index contributed by atoms with van der Waals surface area (Å²) in [5.74, 6) is 0. The molecule has 0 bridgehead atoms. The van der Waals surface area contributed by atoms with E-state index in [-0.39, 0.29) is 0 Å². The highest BCUT2D eigenvalue weighted by atomic mass is 16.6. The molecule has 3 heteroatoms. The maximum atomic E-state index is 4.74. The van der Waals surface area contributed by atoms with E-state index in [1.54, 1.807) is 7.11 Å². The Hall–Kier alpha value is -0.570. The molecule has 0 saturated carbocycles. The average Bonchev–Trinajstić information content (AvgIpc) is 2.06. The van der Waals surface area contributed by atoms with E-state index >= 15 is 0 Å². The van der Waals surface area contributed by atoms with Crippen molar-refractivity contribution in [3.8, 4) is 0 Å². The van der Waals surface area contributed by atoms with E-state index in [0.29, 0.717) is 0 Å². The van der Waals surface area contributed by atoms with Crippen LogP contribution in [-0.4, -0.2) is 37.4 Å². The first-order chi connectivity index (χ1) is 5.36. The van der Waals surface area contributed by atoms with Crippen molar-refractivity contribution in [2.24, 2.45) is 5.16 Å². The van der Waals surface area contributed by atoms with Crippen molar-refractivity contribution in [3.05, 3.63) is 0 Å².